The van der Waals surface area contributed by atoms with Gasteiger partial charge in [-0.2, -0.15) is 13.5 Å². The number of hydrogen-bond acceptors (Lipinski definition) is 6. The van der Waals surface area contributed by atoms with E-state index in [-0.39, 0.29) is 15.0 Å². The number of benzene rings is 1. The quantitative estimate of drug-likeness (QED) is 0.788. The molecule has 1 amide bonds. The Morgan fingerprint density at radius 3 is 2.44 bits per heavy atom. The van der Waals surface area contributed by atoms with Crippen molar-refractivity contribution >= 4 is 44.3 Å². The molecule has 1 aromatic carbocycles. The summed E-state index contributed by atoms with van der Waals surface area (Å²) in [6, 6.07) is 6.13. The zero-order chi connectivity index (χ0) is 13.3. The molecule has 18 heavy (non-hydrogen) atoms. The van der Waals surface area contributed by atoms with E-state index >= 15 is 0 Å². The number of aryl methyl sites for hydroxylation is 1. The van der Waals surface area contributed by atoms with E-state index in [1.54, 1.807) is 12.1 Å². The third-order valence-electron chi connectivity index (χ3n) is 2.19. The first-order valence-corrected chi connectivity index (χ1v) is 7.71. The van der Waals surface area contributed by atoms with Crippen LogP contribution in [0.1, 0.15) is 5.56 Å². The fraction of sp³-hybridized carbons (Fsp3) is 0.200. The first-order valence-electron chi connectivity index (χ1n) is 4.91. The second-order valence-corrected chi connectivity index (χ2v) is 6.72. The van der Waals surface area contributed by atoms with Gasteiger partial charge in [-0.1, -0.05) is 29.5 Å². The monoisotopic (exact) mass is 303 g/mol. The molecule has 0 radical (unpaired) electrons. The number of amides is 1. The molecule has 0 aliphatic carbocycles. The first kappa shape index (κ1) is 13.5. The molecule has 1 fully saturated rings. The summed E-state index contributed by atoms with van der Waals surface area (Å²) >= 11 is 5.91. The van der Waals surface area contributed by atoms with Crippen molar-refractivity contribution in [3.05, 3.63) is 29.8 Å². The molecule has 1 aromatic rings. The van der Waals surface area contributed by atoms with Gasteiger partial charge in [0.25, 0.3) is 5.91 Å². The van der Waals surface area contributed by atoms with Gasteiger partial charge in [0.1, 0.15) is 0 Å². The molecular weight excluding hydrogens is 294 g/mol. The van der Waals surface area contributed by atoms with Crippen molar-refractivity contribution in [2.75, 3.05) is 5.75 Å². The van der Waals surface area contributed by atoms with Gasteiger partial charge < -0.3 is 0 Å². The number of thioether (sulfide) groups is 1. The highest BCUT2D eigenvalue weighted by Crippen LogP contribution is 2.23. The van der Waals surface area contributed by atoms with Crippen LogP contribution in [-0.4, -0.2) is 29.5 Å². The van der Waals surface area contributed by atoms with Crippen LogP contribution in [0.5, 0.6) is 0 Å². The lowest BCUT2D eigenvalue weighted by atomic mass is 10.2. The van der Waals surface area contributed by atoms with Gasteiger partial charge in [0.05, 0.1) is 10.6 Å². The lowest BCUT2D eigenvalue weighted by Gasteiger charge is -2.13. The Hall–Kier alpha value is -0.960. The highest BCUT2D eigenvalue weighted by Gasteiger charge is 2.33. The van der Waals surface area contributed by atoms with Crippen molar-refractivity contribution in [3.63, 3.8) is 0 Å². The van der Waals surface area contributed by atoms with Gasteiger partial charge in [-0.15, -0.1) is 4.28 Å². The molecule has 0 unspecified atom stereocenters. The van der Waals surface area contributed by atoms with Gasteiger partial charge in [-0.25, -0.2) is 0 Å². The molecule has 1 aliphatic rings. The van der Waals surface area contributed by atoms with Gasteiger partial charge in [-0.3, -0.25) is 4.79 Å². The van der Waals surface area contributed by atoms with Crippen LogP contribution >= 0.6 is 24.0 Å². The Morgan fingerprint density at radius 1 is 1.33 bits per heavy atom. The molecule has 1 saturated heterocycles. The van der Waals surface area contributed by atoms with Crippen LogP contribution in [0.2, 0.25) is 0 Å². The number of rotatable bonds is 3. The third kappa shape index (κ3) is 2.72. The fourth-order valence-electron chi connectivity index (χ4n) is 1.26. The number of hydroxylamine groups is 2. The molecule has 1 heterocycles. The lowest BCUT2D eigenvalue weighted by molar-refractivity contribution is -0.139. The third-order valence-corrected chi connectivity index (χ3v) is 4.71. The number of carbonyl (C=O) groups excluding carboxylic acids is 1. The van der Waals surface area contributed by atoms with Crippen molar-refractivity contribution in [2.24, 2.45) is 0 Å². The predicted molar refractivity (Wildman–Crippen MR) is 71.4 cm³/mol. The van der Waals surface area contributed by atoms with E-state index in [0.29, 0.717) is 5.06 Å². The van der Waals surface area contributed by atoms with Crippen LogP contribution in [0.3, 0.4) is 0 Å². The van der Waals surface area contributed by atoms with E-state index in [0.717, 1.165) is 17.3 Å². The zero-order valence-electron chi connectivity index (χ0n) is 9.32. The van der Waals surface area contributed by atoms with E-state index in [9.17, 15) is 13.2 Å². The van der Waals surface area contributed by atoms with E-state index in [2.05, 4.69) is 0 Å². The first-order chi connectivity index (χ1) is 8.40. The largest absolute Gasteiger partial charge is 0.318 e. The topological polar surface area (TPSA) is 63.7 Å². The molecule has 96 valence electrons. The van der Waals surface area contributed by atoms with E-state index in [1.165, 1.54) is 12.1 Å². The van der Waals surface area contributed by atoms with Crippen LogP contribution in [0.15, 0.2) is 29.2 Å². The van der Waals surface area contributed by atoms with Gasteiger partial charge in [0.2, 0.25) is 0 Å². The summed E-state index contributed by atoms with van der Waals surface area (Å²) in [5, 5.41) is 0.648. The molecule has 0 saturated carbocycles. The predicted octanol–water partition coefficient (Wildman–Crippen LogP) is 1.48. The smallest absolute Gasteiger partial charge is 0.271 e. The average molecular weight is 303 g/mol. The summed E-state index contributed by atoms with van der Waals surface area (Å²) in [4.78, 5) is 11.4. The minimum absolute atomic E-state index is 0.0133. The maximum absolute atomic E-state index is 11.9. The molecule has 8 heteroatoms. The van der Waals surface area contributed by atoms with Crippen molar-refractivity contribution in [1.82, 2.24) is 5.06 Å². The Balaban J connectivity index is 2.24. The maximum atomic E-state index is 11.9. The second kappa shape index (κ2) is 4.96. The minimum Gasteiger partial charge on any atom is -0.271 e. The molecule has 5 nitrogen and oxygen atoms in total. The van der Waals surface area contributed by atoms with Gasteiger partial charge in [0, 0.05) is 0 Å². The van der Waals surface area contributed by atoms with Crippen molar-refractivity contribution in [3.8, 4) is 0 Å². The second-order valence-electron chi connectivity index (χ2n) is 3.58. The molecule has 0 atom stereocenters. The van der Waals surface area contributed by atoms with E-state index < -0.39 is 16.0 Å². The summed E-state index contributed by atoms with van der Waals surface area (Å²) in [5.41, 5.74) is 0.928. The number of hydrogen-bond donors (Lipinski definition) is 0. The number of nitrogens with zero attached hydrogens (tertiary/aromatic N) is 1. The van der Waals surface area contributed by atoms with Crippen molar-refractivity contribution < 1.29 is 17.5 Å². The van der Waals surface area contributed by atoms with Crippen LogP contribution in [0.4, 0.5) is 0 Å². The van der Waals surface area contributed by atoms with Crippen LogP contribution in [0.25, 0.3) is 0 Å². The SMILES string of the molecule is Cc1ccc(S(=O)(=O)ON2C(=O)CSC2=S)cc1. The van der Waals surface area contributed by atoms with E-state index in [4.69, 9.17) is 16.5 Å². The van der Waals surface area contributed by atoms with Crippen molar-refractivity contribution in [1.29, 1.82) is 0 Å². The Morgan fingerprint density at radius 2 is 1.94 bits per heavy atom. The van der Waals surface area contributed by atoms with E-state index in [1.807, 2.05) is 6.92 Å². The standard InChI is InChI=1S/C10H9NO4S3/c1-7-2-4-8(5-3-7)18(13,14)15-11-9(12)6-17-10(11)16/h2-5H,6H2,1H3. The molecule has 2 rings (SSSR count). The van der Waals surface area contributed by atoms with Crippen LogP contribution in [0, 0.1) is 6.92 Å². The highest BCUT2D eigenvalue weighted by molar-refractivity contribution is 8.24. The summed E-state index contributed by atoms with van der Waals surface area (Å²) in [6.45, 7) is 1.84. The maximum Gasteiger partial charge on any atom is 0.318 e. The Labute approximate surface area is 114 Å². The molecule has 0 aromatic heterocycles. The average Bonchev–Trinajstić information content (AvgIpc) is 2.61. The number of thiocarbonyl (C=S) groups is 1. The number of carbonyl (C=O) groups is 1. The molecule has 0 N–H and O–H groups in total. The summed E-state index contributed by atoms with van der Waals surface area (Å²) < 4.78 is 28.7. The van der Waals surface area contributed by atoms with Crippen LogP contribution < -0.4 is 0 Å². The van der Waals surface area contributed by atoms with Gasteiger partial charge >= 0.3 is 10.1 Å². The lowest BCUT2D eigenvalue weighted by Crippen LogP contribution is -2.31. The normalized spacial score (nSPS) is 16.4. The fourth-order valence-corrected chi connectivity index (χ4v) is 3.20. The zero-order valence-corrected chi connectivity index (χ0v) is 11.8. The minimum atomic E-state index is -4.02. The van der Waals surface area contributed by atoms with Crippen molar-refractivity contribution in [2.45, 2.75) is 11.8 Å². The summed E-state index contributed by atoms with van der Waals surface area (Å²) in [7, 11) is -4.02. The van der Waals surface area contributed by atoms with Crippen LogP contribution in [-0.2, 0) is 19.2 Å². The molecule has 0 spiro atoms. The molecular formula is C10H9NO4S3. The van der Waals surface area contributed by atoms with Gasteiger partial charge in [0.15, 0.2) is 4.32 Å². The summed E-state index contributed by atoms with van der Waals surface area (Å²) in [6.07, 6.45) is 0. The Bertz CT molecular complexity index is 578. The highest BCUT2D eigenvalue weighted by atomic mass is 32.2. The summed E-state index contributed by atoms with van der Waals surface area (Å²) in [5.74, 6) is -0.372. The molecule has 0 bridgehead atoms. The Kier molecular flexibility index (Phi) is 3.71. The molecule has 1 aliphatic heterocycles. The van der Waals surface area contributed by atoms with Gasteiger partial charge in [-0.05, 0) is 31.3 Å².